The first-order chi connectivity index (χ1) is 13.5. The van der Waals surface area contributed by atoms with Crippen molar-refractivity contribution in [3.8, 4) is 11.5 Å². The van der Waals surface area contributed by atoms with Gasteiger partial charge in [0.15, 0.2) is 18.1 Å². The molecule has 0 spiro atoms. The maximum Gasteiger partial charge on any atom is 0.262 e. The molecule has 8 heteroatoms. The zero-order chi connectivity index (χ0) is 20.1. The second-order valence-corrected chi connectivity index (χ2v) is 7.69. The number of carbonyl (C=O) groups is 2. The van der Waals surface area contributed by atoms with Gasteiger partial charge in [-0.25, -0.2) is 0 Å². The fourth-order valence-corrected chi connectivity index (χ4v) is 4.67. The number of benzene rings is 1. The summed E-state index contributed by atoms with van der Waals surface area (Å²) in [7, 11) is 1.54. The molecule has 0 aliphatic carbocycles. The van der Waals surface area contributed by atoms with Crippen molar-refractivity contribution in [2.75, 3.05) is 32.1 Å². The highest BCUT2D eigenvalue weighted by Gasteiger charge is 2.27. The molecule has 0 saturated carbocycles. The molecule has 0 bridgehead atoms. The van der Waals surface area contributed by atoms with E-state index in [0.717, 1.165) is 42.9 Å². The van der Waals surface area contributed by atoms with Crippen molar-refractivity contribution in [2.24, 2.45) is 5.73 Å². The van der Waals surface area contributed by atoms with Crippen LogP contribution in [0.2, 0.25) is 0 Å². The minimum absolute atomic E-state index is 0.191. The second-order valence-electron chi connectivity index (χ2n) is 6.59. The first-order valence-corrected chi connectivity index (χ1v) is 10.1. The number of ether oxygens (including phenoxy) is 2. The molecule has 0 atom stereocenters. The Balaban J connectivity index is 1.71. The lowest BCUT2D eigenvalue weighted by Gasteiger charge is -2.26. The maximum absolute atomic E-state index is 12.4. The SMILES string of the molecule is CCCN1CCc2c(sc(NC(=O)COc3ccccc3OC)c2C(N)=O)C1. The Morgan fingerprint density at radius 1 is 1.29 bits per heavy atom. The van der Waals surface area contributed by atoms with E-state index in [4.69, 9.17) is 15.2 Å². The molecule has 0 fully saturated rings. The molecule has 3 rings (SSSR count). The Bertz CT molecular complexity index is 865. The number of rotatable bonds is 8. The van der Waals surface area contributed by atoms with E-state index in [1.807, 2.05) is 6.07 Å². The molecule has 3 N–H and O–H groups in total. The molecule has 2 amide bonds. The molecule has 1 aliphatic heterocycles. The average Bonchev–Trinajstić information content (AvgIpc) is 3.04. The predicted octanol–water partition coefficient (Wildman–Crippen LogP) is 2.64. The Labute approximate surface area is 168 Å². The number of fused-ring (bicyclic) bond motifs is 1. The monoisotopic (exact) mass is 403 g/mol. The van der Waals surface area contributed by atoms with Crippen molar-refractivity contribution < 1.29 is 19.1 Å². The summed E-state index contributed by atoms with van der Waals surface area (Å²) >= 11 is 1.42. The third-order valence-electron chi connectivity index (χ3n) is 4.60. The number of amides is 2. The molecule has 28 heavy (non-hydrogen) atoms. The molecule has 0 unspecified atom stereocenters. The summed E-state index contributed by atoms with van der Waals surface area (Å²) in [5.74, 6) is 0.173. The average molecular weight is 404 g/mol. The molecule has 150 valence electrons. The van der Waals surface area contributed by atoms with E-state index < -0.39 is 5.91 Å². The van der Waals surface area contributed by atoms with E-state index in [-0.39, 0.29) is 12.5 Å². The molecular weight excluding hydrogens is 378 g/mol. The predicted molar refractivity (Wildman–Crippen MR) is 109 cm³/mol. The van der Waals surface area contributed by atoms with Crippen LogP contribution in [0.15, 0.2) is 24.3 Å². The van der Waals surface area contributed by atoms with Crippen molar-refractivity contribution in [3.63, 3.8) is 0 Å². The number of methoxy groups -OCH3 is 1. The van der Waals surface area contributed by atoms with Crippen LogP contribution in [-0.4, -0.2) is 43.5 Å². The Morgan fingerprint density at radius 2 is 2.04 bits per heavy atom. The maximum atomic E-state index is 12.4. The standard InChI is InChI=1S/C20H25N3O4S/c1-3-9-23-10-8-13-16(11-23)28-20(18(13)19(21)25)22-17(24)12-27-15-7-5-4-6-14(15)26-2/h4-7H,3,8-12H2,1-2H3,(H2,21,25)(H,22,24). The van der Waals surface area contributed by atoms with Crippen LogP contribution in [0.3, 0.4) is 0 Å². The quantitative estimate of drug-likeness (QED) is 0.707. The van der Waals surface area contributed by atoms with Crippen LogP contribution in [0.4, 0.5) is 5.00 Å². The third kappa shape index (κ3) is 4.45. The highest BCUT2D eigenvalue weighted by Crippen LogP contribution is 2.37. The van der Waals surface area contributed by atoms with Gasteiger partial charge in [0.2, 0.25) is 0 Å². The number of nitrogens with one attached hydrogen (secondary N) is 1. The van der Waals surface area contributed by atoms with Gasteiger partial charge in [-0.1, -0.05) is 19.1 Å². The Morgan fingerprint density at radius 3 is 2.71 bits per heavy atom. The van der Waals surface area contributed by atoms with Gasteiger partial charge in [-0.2, -0.15) is 0 Å². The summed E-state index contributed by atoms with van der Waals surface area (Å²) in [6, 6.07) is 7.11. The number of hydrogen-bond acceptors (Lipinski definition) is 6. The minimum atomic E-state index is -0.512. The number of nitrogens with zero attached hydrogens (tertiary/aromatic N) is 1. The summed E-state index contributed by atoms with van der Waals surface area (Å²) < 4.78 is 10.8. The van der Waals surface area contributed by atoms with Crippen LogP contribution >= 0.6 is 11.3 Å². The number of thiophene rings is 1. The van der Waals surface area contributed by atoms with E-state index >= 15 is 0 Å². The van der Waals surface area contributed by atoms with Gasteiger partial charge in [0.25, 0.3) is 11.8 Å². The first-order valence-electron chi connectivity index (χ1n) is 9.25. The van der Waals surface area contributed by atoms with Crippen LogP contribution in [0, 0.1) is 0 Å². The third-order valence-corrected chi connectivity index (χ3v) is 5.74. The number of primary amides is 1. The number of hydrogen-bond donors (Lipinski definition) is 2. The van der Waals surface area contributed by atoms with Crippen LogP contribution < -0.4 is 20.5 Å². The van der Waals surface area contributed by atoms with E-state index in [1.54, 1.807) is 25.3 Å². The molecule has 1 aromatic carbocycles. The largest absolute Gasteiger partial charge is 0.493 e. The van der Waals surface area contributed by atoms with Gasteiger partial charge >= 0.3 is 0 Å². The summed E-state index contributed by atoms with van der Waals surface area (Å²) in [5, 5.41) is 3.30. The molecule has 1 aliphatic rings. The van der Waals surface area contributed by atoms with Crippen molar-refractivity contribution >= 4 is 28.2 Å². The zero-order valence-electron chi connectivity index (χ0n) is 16.1. The Hall–Kier alpha value is -2.58. The number of anilines is 1. The van der Waals surface area contributed by atoms with Crippen molar-refractivity contribution in [1.82, 2.24) is 4.90 Å². The van der Waals surface area contributed by atoms with Gasteiger partial charge in [0.05, 0.1) is 12.7 Å². The fourth-order valence-electron chi connectivity index (χ4n) is 3.36. The van der Waals surface area contributed by atoms with Crippen LogP contribution in [0.25, 0.3) is 0 Å². The van der Waals surface area contributed by atoms with E-state index in [1.165, 1.54) is 11.3 Å². The molecule has 0 radical (unpaired) electrons. The lowest BCUT2D eigenvalue weighted by Crippen LogP contribution is -2.31. The van der Waals surface area contributed by atoms with Crippen LogP contribution in [-0.2, 0) is 17.8 Å². The number of para-hydroxylation sites is 2. The van der Waals surface area contributed by atoms with Gasteiger partial charge in [-0.3, -0.25) is 14.5 Å². The first kappa shape index (κ1) is 20.2. The normalized spacial score (nSPS) is 13.6. The molecular formula is C20H25N3O4S. The van der Waals surface area contributed by atoms with Crippen LogP contribution in [0.5, 0.6) is 11.5 Å². The Kier molecular flexibility index (Phi) is 6.53. The van der Waals surface area contributed by atoms with Crippen molar-refractivity contribution in [2.45, 2.75) is 26.3 Å². The highest BCUT2D eigenvalue weighted by molar-refractivity contribution is 7.17. The summed E-state index contributed by atoms with van der Waals surface area (Å²) in [6.07, 6.45) is 1.84. The number of nitrogens with two attached hydrogens (primary N) is 1. The lowest BCUT2D eigenvalue weighted by atomic mass is 10.0. The van der Waals surface area contributed by atoms with Crippen molar-refractivity contribution in [3.05, 3.63) is 40.3 Å². The smallest absolute Gasteiger partial charge is 0.262 e. The summed E-state index contributed by atoms with van der Waals surface area (Å²) in [5.41, 5.74) is 7.01. The van der Waals surface area contributed by atoms with Gasteiger partial charge in [0, 0.05) is 18.0 Å². The zero-order valence-corrected chi connectivity index (χ0v) is 16.9. The lowest BCUT2D eigenvalue weighted by molar-refractivity contribution is -0.118. The summed E-state index contributed by atoms with van der Waals surface area (Å²) in [4.78, 5) is 27.9. The van der Waals surface area contributed by atoms with Gasteiger partial charge < -0.3 is 20.5 Å². The van der Waals surface area contributed by atoms with E-state index in [0.29, 0.717) is 22.1 Å². The van der Waals surface area contributed by atoms with Gasteiger partial charge in [0.1, 0.15) is 5.00 Å². The molecule has 1 aromatic heterocycles. The molecule has 7 nitrogen and oxygen atoms in total. The van der Waals surface area contributed by atoms with Gasteiger partial charge in [-0.15, -0.1) is 11.3 Å². The minimum Gasteiger partial charge on any atom is -0.493 e. The molecule has 2 heterocycles. The fraction of sp³-hybridized carbons (Fsp3) is 0.400. The van der Waals surface area contributed by atoms with Gasteiger partial charge in [-0.05, 0) is 37.1 Å². The topological polar surface area (TPSA) is 93.9 Å². The summed E-state index contributed by atoms with van der Waals surface area (Å²) in [6.45, 7) is 4.64. The molecule has 0 saturated heterocycles. The van der Waals surface area contributed by atoms with E-state index in [9.17, 15) is 9.59 Å². The second kappa shape index (κ2) is 9.07. The highest BCUT2D eigenvalue weighted by atomic mass is 32.1. The van der Waals surface area contributed by atoms with E-state index in [2.05, 4.69) is 17.1 Å². The number of carbonyl (C=O) groups excluding carboxylic acids is 2. The van der Waals surface area contributed by atoms with Crippen molar-refractivity contribution in [1.29, 1.82) is 0 Å². The molecule has 2 aromatic rings. The van der Waals surface area contributed by atoms with Crippen LogP contribution in [0.1, 0.15) is 34.1 Å².